The molecule has 1 aromatic carbocycles. The van der Waals surface area contributed by atoms with Crippen LogP contribution in [0.1, 0.15) is 18.4 Å². The van der Waals surface area contributed by atoms with E-state index >= 15 is 0 Å². The highest BCUT2D eigenvalue weighted by molar-refractivity contribution is 5.50. The van der Waals surface area contributed by atoms with Gasteiger partial charge in [0.2, 0.25) is 0 Å². The first-order valence-corrected chi connectivity index (χ1v) is 6.58. The fraction of sp³-hybridized carbons (Fsp3) is 0.375. The van der Waals surface area contributed by atoms with E-state index < -0.39 is 17.5 Å². The maximum Gasteiger partial charge on any atom is 0.161 e. The molecule has 1 heterocycles. The van der Waals surface area contributed by atoms with Crippen molar-refractivity contribution >= 4 is 6.08 Å². The quantitative estimate of drug-likeness (QED) is 0.605. The molecule has 1 aliphatic heterocycles. The van der Waals surface area contributed by atoms with E-state index in [1.807, 2.05) is 6.08 Å². The number of halogens is 3. The highest BCUT2D eigenvalue weighted by Gasteiger charge is 2.17. The minimum atomic E-state index is -1.17. The van der Waals surface area contributed by atoms with E-state index in [0.717, 1.165) is 32.0 Å². The zero-order valence-corrected chi connectivity index (χ0v) is 11.1. The van der Waals surface area contributed by atoms with Gasteiger partial charge in [-0.25, -0.2) is 13.2 Å². The molecule has 1 aliphatic rings. The van der Waals surface area contributed by atoms with Crippen LogP contribution in [0.2, 0.25) is 0 Å². The Balaban J connectivity index is 2.06. The summed E-state index contributed by atoms with van der Waals surface area (Å²) in [6.07, 6.45) is 10.7. The monoisotopic (exact) mass is 279 g/mol. The third-order valence-corrected chi connectivity index (χ3v) is 3.44. The lowest BCUT2D eigenvalue weighted by Gasteiger charge is -2.29. The summed E-state index contributed by atoms with van der Waals surface area (Å²) in [5.74, 6) is -0.101. The lowest BCUT2D eigenvalue weighted by molar-refractivity contribution is 0.219. The van der Waals surface area contributed by atoms with E-state index in [-0.39, 0.29) is 11.5 Å². The summed E-state index contributed by atoms with van der Waals surface area (Å²) in [6.45, 7) is 2.38. The maximum absolute atomic E-state index is 13.5. The van der Waals surface area contributed by atoms with Gasteiger partial charge in [-0.3, -0.25) is 4.90 Å². The van der Waals surface area contributed by atoms with E-state index in [4.69, 9.17) is 6.42 Å². The molecule has 0 radical (unpaired) electrons. The topological polar surface area (TPSA) is 3.24 Å². The summed E-state index contributed by atoms with van der Waals surface area (Å²) in [5.41, 5.74) is 0.0676. The molecule has 1 atom stereocenters. The van der Waals surface area contributed by atoms with Crippen molar-refractivity contribution in [3.8, 4) is 12.3 Å². The summed E-state index contributed by atoms with van der Waals surface area (Å²) in [7, 11) is 0. The third-order valence-electron chi connectivity index (χ3n) is 3.44. The van der Waals surface area contributed by atoms with Crippen molar-refractivity contribution in [1.29, 1.82) is 0 Å². The fourth-order valence-electron chi connectivity index (χ4n) is 2.43. The number of rotatable bonds is 3. The van der Waals surface area contributed by atoms with Crippen molar-refractivity contribution in [2.24, 2.45) is 5.92 Å². The molecular weight excluding hydrogens is 263 g/mol. The zero-order valence-electron chi connectivity index (χ0n) is 11.1. The first-order chi connectivity index (χ1) is 9.60. The molecule has 0 bridgehead atoms. The van der Waals surface area contributed by atoms with Gasteiger partial charge in [0.25, 0.3) is 0 Å². The average molecular weight is 279 g/mol. The molecule has 4 heteroatoms. The second-order valence-electron chi connectivity index (χ2n) is 4.99. The van der Waals surface area contributed by atoms with Gasteiger partial charge in [-0.15, -0.1) is 6.42 Å². The van der Waals surface area contributed by atoms with Gasteiger partial charge in [0, 0.05) is 18.2 Å². The Labute approximate surface area is 117 Å². The summed E-state index contributed by atoms with van der Waals surface area (Å²) in [4.78, 5) is 2.15. The Kier molecular flexibility index (Phi) is 4.86. The number of terminal acetylenes is 1. The van der Waals surface area contributed by atoms with Gasteiger partial charge in [-0.1, -0.05) is 18.1 Å². The molecule has 0 saturated carbocycles. The second kappa shape index (κ2) is 6.62. The minimum absolute atomic E-state index is 0.0676. The van der Waals surface area contributed by atoms with E-state index in [2.05, 4.69) is 10.8 Å². The predicted molar refractivity (Wildman–Crippen MR) is 73.3 cm³/mol. The molecule has 1 saturated heterocycles. The van der Waals surface area contributed by atoms with Crippen molar-refractivity contribution < 1.29 is 13.2 Å². The molecule has 0 amide bonds. The summed E-state index contributed by atoms with van der Waals surface area (Å²) < 4.78 is 39.4. The van der Waals surface area contributed by atoms with Crippen LogP contribution in [-0.4, -0.2) is 24.5 Å². The van der Waals surface area contributed by atoms with Crippen LogP contribution in [0.4, 0.5) is 13.2 Å². The first kappa shape index (κ1) is 14.7. The van der Waals surface area contributed by atoms with Gasteiger partial charge in [-0.2, -0.15) is 0 Å². The molecule has 1 nitrogen and oxygen atoms in total. The van der Waals surface area contributed by atoms with Gasteiger partial charge in [0.1, 0.15) is 5.82 Å². The highest BCUT2D eigenvalue weighted by Crippen LogP contribution is 2.20. The molecule has 1 unspecified atom stereocenters. The number of hydrogen-bond acceptors (Lipinski definition) is 1. The zero-order chi connectivity index (χ0) is 14.5. The highest BCUT2D eigenvalue weighted by atomic mass is 19.2. The van der Waals surface area contributed by atoms with Crippen LogP contribution >= 0.6 is 0 Å². The molecule has 0 spiro atoms. The van der Waals surface area contributed by atoms with Crippen molar-refractivity contribution in [3.05, 3.63) is 41.2 Å². The Morgan fingerprint density at radius 3 is 2.75 bits per heavy atom. The van der Waals surface area contributed by atoms with Gasteiger partial charge in [0.05, 0.1) is 6.54 Å². The lowest BCUT2D eigenvalue weighted by atomic mass is 9.96. The van der Waals surface area contributed by atoms with Crippen LogP contribution in [0.15, 0.2) is 18.2 Å². The SMILES string of the molecule is C#CCN1CCCC(/C=C/c2cc(F)c(F)cc2F)C1. The fourth-order valence-corrected chi connectivity index (χ4v) is 2.43. The van der Waals surface area contributed by atoms with Crippen LogP contribution in [0.3, 0.4) is 0 Å². The third kappa shape index (κ3) is 3.64. The van der Waals surface area contributed by atoms with Crippen LogP contribution in [-0.2, 0) is 0 Å². The number of benzene rings is 1. The Hall–Kier alpha value is -1.73. The van der Waals surface area contributed by atoms with E-state index in [0.29, 0.717) is 12.6 Å². The Bertz CT molecular complexity index is 545. The van der Waals surface area contributed by atoms with Crippen molar-refractivity contribution in [1.82, 2.24) is 4.90 Å². The molecule has 0 aromatic heterocycles. The van der Waals surface area contributed by atoms with Crippen LogP contribution in [0.5, 0.6) is 0 Å². The Morgan fingerprint density at radius 1 is 1.25 bits per heavy atom. The van der Waals surface area contributed by atoms with Crippen LogP contribution < -0.4 is 0 Å². The summed E-state index contributed by atoms with van der Waals surface area (Å²) in [5, 5.41) is 0. The van der Waals surface area contributed by atoms with Gasteiger partial charge in [-0.05, 0) is 31.4 Å². The van der Waals surface area contributed by atoms with Crippen molar-refractivity contribution in [3.63, 3.8) is 0 Å². The molecule has 1 fully saturated rings. The minimum Gasteiger partial charge on any atom is -0.292 e. The summed E-state index contributed by atoms with van der Waals surface area (Å²) in [6, 6.07) is 1.45. The lowest BCUT2D eigenvalue weighted by Crippen LogP contribution is -2.34. The maximum atomic E-state index is 13.5. The number of hydrogen-bond donors (Lipinski definition) is 0. The van der Waals surface area contributed by atoms with Gasteiger partial charge in [0.15, 0.2) is 11.6 Å². The van der Waals surface area contributed by atoms with Crippen LogP contribution in [0, 0.1) is 35.7 Å². The molecule has 0 aliphatic carbocycles. The van der Waals surface area contributed by atoms with Crippen molar-refractivity contribution in [2.45, 2.75) is 12.8 Å². The molecular formula is C16H16F3N. The van der Waals surface area contributed by atoms with E-state index in [9.17, 15) is 13.2 Å². The first-order valence-electron chi connectivity index (χ1n) is 6.58. The van der Waals surface area contributed by atoms with Gasteiger partial charge >= 0.3 is 0 Å². The van der Waals surface area contributed by atoms with Crippen LogP contribution in [0.25, 0.3) is 6.08 Å². The standard InChI is InChI=1S/C16H16F3N/c1-2-7-20-8-3-4-12(11-20)5-6-13-9-15(18)16(19)10-14(13)17/h1,5-6,9-10,12H,3-4,7-8,11H2/b6-5+. The molecule has 106 valence electrons. The smallest absolute Gasteiger partial charge is 0.161 e. The van der Waals surface area contributed by atoms with E-state index in [1.54, 1.807) is 0 Å². The predicted octanol–water partition coefficient (Wildman–Crippen LogP) is 3.46. The summed E-state index contributed by atoms with van der Waals surface area (Å²) >= 11 is 0. The average Bonchev–Trinajstić information content (AvgIpc) is 2.42. The molecule has 1 aromatic rings. The number of nitrogens with zero attached hydrogens (tertiary/aromatic N) is 1. The van der Waals surface area contributed by atoms with Gasteiger partial charge < -0.3 is 0 Å². The normalized spacial score (nSPS) is 20.2. The van der Waals surface area contributed by atoms with E-state index in [1.165, 1.54) is 6.08 Å². The Morgan fingerprint density at radius 2 is 2.00 bits per heavy atom. The largest absolute Gasteiger partial charge is 0.292 e. The molecule has 0 N–H and O–H groups in total. The molecule has 2 rings (SSSR count). The van der Waals surface area contributed by atoms with Crippen molar-refractivity contribution in [2.75, 3.05) is 19.6 Å². The second-order valence-corrected chi connectivity index (χ2v) is 4.99. The number of piperidine rings is 1. The number of likely N-dealkylation sites (tertiary alicyclic amines) is 1. The molecule has 20 heavy (non-hydrogen) atoms.